The van der Waals surface area contributed by atoms with Crippen molar-refractivity contribution in [1.29, 1.82) is 0 Å². The maximum Gasteiger partial charge on any atom is 0.121 e. The van der Waals surface area contributed by atoms with E-state index >= 15 is 0 Å². The lowest BCUT2D eigenvalue weighted by Gasteiger charge is -2.12. The Hall–Kier alpha value is -1.06. The molecule has 0 bridgehead atoms. The van der Waals surface area contributed by atoms with Crippen molar-refractivity contribution in [2.45, 2.75) is 20.0 Å². The van der Waals surface area contributed by atoms with Gasteiger partial charge in [0.2, 0.25) is 0 Å². The molecule has 0 spiro atoms. The van der Waals surface area contributed by atoms with Gasteiger partial charge >= 0.3 is 0 Å². The number of hydrogen-bond acceptors (Lipinski definition) is 3. The highest BCUT2D eigenvalue weighted by molar-refractivity contribution is 5.42. The van der Waals surface area contributed by atoms with Crippen LogP contribution in [-0.2, 0) is 0 Å². The molecular weight excluding hydrogens is 166 g/mol. The molecule has 0 heterocycles. The molecule has 0 aliphatic heterocycles. The lowest BCUT2D eigenvalue weighted by molar-refractivity contribution is 0.182. The predicted molar refractivity (Wildman–Crippen MR) is 51.6 cm³/mol. The van der Waals surface area contributed by atoms with Gasteiger partial charge in [-0.15, -0.1) is 0 Å². The van der Waals surface area contributed by atoms with E-state index in [1.807, 2.05) is 13.8 Å². The molecule has 3 heteroatoms. The molecule has 3 nitrogen and oxygen atoms in total. The van der Waals surface area contributed by atoms with Crippen LogP contribution >= 0.6 is 0 Å². The van der Waals surface area contributed by atoms with Crippen molar-refractivity contribution in [3.63, 3.8) is 0 Å². The van der Waals surface area contributed by atoms with Crippen molar-refractivity contribution in [2.24, 2.45) is 5.73 Å². The number of nitrogens with two attached hydrogens (primary N) is 1. The molecule has 0 aliphatic rings. The van der Waals surface area contributed by atoms with E-state index in [4.69, 9.17) is 5.73 Å². The minimum absolute atomic E-state index is 0.112. The molecule has 0 saturated heterocycles. The fraction of sp³-hybridized carbons (Fsp3) is 0.400. The van der Waals surface area contributed by atoms with Crippen LogP contribution in [0.5, 0.6) is 5.75 Å². The molecule has 0 amide bonds. The van der Waals surface area contributed by atoms with E-state index in [2.05, 4.69) is 0 Å². The molecule has 1 aromatic rings. The molecule has 13 heavy (non-hydrogen) atoms. The molecule has 0 unspecified atom stereocenters. The minimum Gasteiger partial charge on any atom is -0.508 e. The highest BCUT2D eigenvalue weighted by atomic mass is 16.3. The summed E-state index contributed by atoms with van der Waals surface area (Å²) in [5, 5.41) is 18.9. The molecule has 4 N–H and O–H groups in total. The van der Waals surface area contributed by atoms with E-state index in [1.54, 1.807) is 12.1 Å². The summed E-state index contributed by atoms with van der Waals surface area (Å²) in [7, 11) is 0. The molecule has 0 radical (unpaired) electrons. The first-order valence-electron chi connectivity index (χ1n) is 4.24. The Morgan fingerprint density at radius 3 is 2.38 bits per heavy atom. The van der Waals surface area contributed by atoms with Crippen molar-refractivity contribution in [2.75, 3.05) is 6.54 Å². The molecular formula is C10H15NO2. The Bertz CT molecular complexity index is 310. The smallest absolute Gasteiger partial charge is 0.121 e. The topological polar surface area (TPSA) is 66.5 Å². The van der Waals surface area contributed by atoms with Gasteiger partial charge in [-0.1, -0.05) is 0 Å². The normalized spacial score (nSPS) is 12.9. The lowest BCUT2D eigenvalue weighted by atomic mass is 10.0. The van der Waals surface area contributed by atoms with Crippen LogP contribution in [0, 0.1) is 13.8 Å². The van der Waals surface area contributed by atoms with Crippen LogP contribution in [0.1, 0.15) is 22.8 Å². The first kappa shape index (κ1) is 10.0. The second-order valence-electron chi connectivity index (χ2n) is 3.25. The number of aliphatic hydroxyl groups excluding tert-OH is 1. The maximum absolute atomic E-state index is 9.50. The predicted octanol–water partition coefficient (Wildman–Crippen LogP) is 1.00. The third kappa shape index (κ3) is 1.99. The van der Waals surface area contributed by atoms with Gasteiger partial charge in [-0.05, 0) is 37.1 Å². The van der Waals surface area contributed by atoms with Crippen LogP contribution in [0.3, 0.4) is 0 Å². The fourth-order valence-corrected chi connectivity index (χ4v) is 1.22. The zero-order valence-electron chi connectivity index (χ0n) is 7.91. The summed E-state index contributed by atoms with van der Waals surface area (Å²) in [6.07, 6.45) is -0.778. The molecule has 0 fully saturated rings. The van der Waals surface area contributed by atoms with Gasteiger partial charge in [-0.3, -0.25) is 0 Å². The van der Waals surface area contributed by atoms with Crippen molar-refractivity contribution < 1.29 is 10.2 Å². The quantitative estimate of drug-likeness (QED) is 0.637. The fourth-order valence-electron chi connectivity index (χ4n) is 1.22. The summed E-state index contributed by atoms with van der Waals surface area (Å²) >= 11 is 0. The summed E-state index contributed by atoms with van der Waals surface area (Å²) in [6, 6.07) is 3.41. The number of aromatic hydroxyl groups is 1. The van der Waals surface area contributed by atoms with Crippen molar-refractivity contribution in [1.82, 2.24) is 0 Å². The van der Waals surface area contributed by atoms with Gasteiger partial charge in [-0.25, -0.2) is 0 Å². The molecule has 0 aliphatic carbocycles. The van der Waals surface area contributed by atoms with Crippen LogP contribution in [0.25, 0.3) is 0 Å². The van der Waals surface area contributed by atoms with Gasteiger partial charge in [-0.2, -0.15) is 0 Å². The number of phenols is 1. The average molecular weight is 181 g/mol. The number of aryl methyl sites for hydroxylation is 2. The summed E-state index contributed by atoms with van der Waals surface area (Å²) in [5.41, 5.74) is 7.85. The first-order valence-corrected chi connectivity index (χ1v) is 4.24. The molecule has 1 rings (SSSR count). The summed E-state index contributed by atoms with van der Waals surface area (Å²) < 4.78 is 0. The van der Waals surface area contributed by atoms with E-state index in [0.29, 0.717) is 5.56 Å². The second-order valence-corrected chi connectivity index (χ2v) is 3.25. The molecule has 1 aromatic carbocycles. The van der Waals surface area contributed by atoms with Crippen molar-refractivity contribution >= 4 is 0 Å². The Morgan fingerprint density at radius 1 is 1.31 bits per heavy atom. The Balaban J connectivity index is 3.15. The second kappa shape index (κ2) is 3.77. The number of rotatable bonds is 2. The number of hydrogen-bond donors (Lipinski definition) is 3. The Kier molecular flexibility index (Phi) is 2.90. The van der Waals surface area contributed by atoms with Gasteiger partial charge < -0.3 is 15.9 Å². The number of phenolic OH excluding ortho intramolecular Hbond substituents is 1. The van der Waals surface area contributed by atoms with E-state index < -0.39 is 6.10 Å². The van der Waals surface area contributed by atoms with Gasteiger partial charge in [0.1, 0.15) is 5.75 Å². The van der Waals surface area contributed by atoms with Gasteiger partial charge in [0.25, 0.3) is 0 Å². The van der Waals surface area contributed by atoms with Crippen LogP contribution in [0.4, 0.5) is 0 Å². The highest BCUT2D eigenvalue weighted by Gasteiger charge is 2.11. The standard InChI is InChI=1S/C10H15NO2/c1-6-3-8(10(13)5-11)9(12)4-7(6)2/h3-4,10,12-13H,5,11H2,1-2H3/t10-/m1/s1. The largest absolute Gasteiger partial charge is 0.508 e. The monoisotopic (exact) mass is 181 g/mol. The van der Waals surface area contributed by atoms with Gasteiger partial charge in [0, 0.05) is 12.1 Å². The molecule has 0 aromatic heterocycles. The van der Waals surface area contributed by atoms with Crippen LogP contribution in [0.2, 0.25) is 0 Å². The summed E-state index contributed by atoms with van der Waals surface area (Å²) in [5.74, 6) is 0.112. The zero-order chi connectivity index (χ0) is 10.0. The van der Waals surface area contributed by atoms with E-state index in [9.17, 15) is 10.2 Å². The molecule has 0 saturated carbocycles. The lowest BCUT2D eigenvalue weighted by Crippen LogP contribution is -2.12. The maximum atomic E-state index is 9.50. The highest BCUT2D eigenvalue weighted by Crippen LogP contribution is 2.26. The van der Waals surface area contributed by atoms with Gasteiger partial charge in [0.05, 0.1) is 6.10 Å². The molecule has 72 valence electrons. The van der Waals surface area contributed by atoms with E-state index in [-0.39, 0.29) is 12.3 Å². The third-order valence-corrected chi connectivity index (χ3v) is 2.23. The SMILES string of the molecule is Cc1cc(O)c([C@H](O)CN)cc1C. The van der Waals surface area contributed by atoms with Crippen LogP contribution in [0.15, 0.2) is 12.1 Å². The Morgan fingerprint density at radius 2 is 1.85 bits per heavy atom. The van der Waals surface area contributed by atoms with Crippen LogP contribution < -0.4 is 5.73 Å². The minimum atomic E-state index is -0.778. The van der Waals surface area contributed by atoms with E-state index in [0.717, 1.165) is 11.1 Å². The van der Waals surface area contributed by atoms with Gasteiger partial charge in [0.15, 0.2) is 0 Å². The molecule has 1 atom stereocenters. The zero-order valence-corrected chi connectivity index (χ0v) is 7.91. The summed E-state index contributed by atoms with van der Waals surface area (Å²) in [6.45, 7) is 3.96. The number of benzene rings is 1. The number of aliphatic hydroxyl groups is 1. The Labute approximate surface area is 77.8 Å². The van der Waals surface area contributed by atoms with E-state index in [1.165, 1.54) is 0 Å². The van der Waals surface area contributed by atoms with Crippen LogP contribution in [-0.4, -0.2) is 16.8 Å². The van der Waals surface area contributed by atoms with Crippen molar-refractivity contribution in [3.05, 3.63) is 28.8 Å². The third-order valence-electron chi connectivity index (χ3n) is 2.23. The first-order chi connectivity index (χ1) is 6.06. The van der Waals surface area contributed by atoms with Crippen molar-refractivity contribution in [3.8, 4) is 5.75 Å². The summed E-state index contributed by atoms with van der Waals surface area (Å²) in [4.78, 5) is 0. The average Bonchev–Trinajstić information content (AvgIpc) is 2.10.